The number of nitrogens with zero attached hydrogens (tertiary/aromatic N) is 3. The van der Waals surface area contributed by atoms with Gasteiger partial charge in [0, 0.05) is 36.9 Å². The van der Waals surface area contributed by atoms with Gasteiger partial charge >= 0.3 is 0 Å². The molecule has 4 nitrogen and oxygen atoms in total. The molecule has 1 amide bonds. The van der Waals surface area contributed by atoms with Gasteiger partial charge in [-0.1, -0.05) is 37.3 Å². The predicted octanol–water partition coefficient (Wildman–Crippen LogP) is 3.23. The highest BCUT2D eigenvalue weighted by atomic mass is 32.2. The molecule has 5 heteroatoms. The molecule has 1 aliphatic heterocycles. The number of hydrogen-bond donors (Lipinski definition) is 0. The first-order valence-electron chi connectivity index (χ1n) is 8.12. The molecule has 0 radical (unpaired) electrons. The first kappa shape index (κ1) is 16.1. The van der Waals surface area contributed by atoms with E-state index in [9.17, 15) is 4.79 Å². The average molecular weight is 329 g/mol. The third-order valence-electron chi connectivity index (χ3n) is 4.43. The van der Waals surface area contributed by atoms with Crippen LogP contribution in [0.15, 0.2) is 42.7 Å². The van der Waals surface area contributed by atoms with Crippen LogP contribution in [0.2, 0.25) is 0 Å². The third kappa shape index (κ3) is 3.44. The van der Waals surface area contributed by atoms with Crippen LogP contribution >= 0.6 is 11.8 Å². The summed E-state index contributed by atoms with van der Waals surface area (Å²) in [5.74, 6) is 2.14. The number of carbonyl (C=O) groups is 1. The van der Waals surface area contributed by atoms with Crippen molar-refractivity contribution in [2.24, 2.45) is 7.05 Å². The minimum atomic E-state index is -0.0570. The molecule has 1 fully saturated rings. The van der Waals surface area contributed by atoms with E-state index < -0.39 is 0 Å². The van der Waals surface area contributed by atoms with Gasteiger partial charge in [-0.3, -0.25) is 9.48 Å². The smallest absolute Gasteiger partial charge is 0.230 e. The number of amides is 1. The summed E-state index contributed by atoms with van der Waals surface area (Å²) in [4.78, 5) is 15.3. The molecule has 1 aliphatic rings. The zero-order chi connectivity index (χ0) is 16.2. The molecular weight excluding hydrogens is 306 g/mol. The Labute approximate surface area is 141 Å². The van der Waals surface area contributed by atoms with Gasteiger partial charge in [0.15, 0.2) is 0 Å². The molecule has 1 saturated heterocycles. The number of rotatable bonds is 4. The Morgan fingerprint density at radius 1 is 1.39 bits per heavy atom. The van der Waals surface area contributed by atoms with Gasteiger partial charge in [0.1, 0.15) is 0 Å². The summed E-state index contributed by atoms with van der Waals surface area (Å²) in [6.45, 7) is 2.90. The molecule has 0 unspecified atom stereocenters. The molecule has 0 N–H and O–H groups in total. The predicted molar refractivity (Wildman–Crippen MR) is 94.5 cm³/mol. The molecule has 0 saturated carbocycles. The fourth-order valence-electron chi connectivity index (χ4n) is 3.19. The fraction of sp³-hybridized carbons (Fsp3) is 0.444. The van der Waals surface area contributed by atoms with Gasteiger partial charge in [-0.25, -0.2) is 0 Å². The average Bonchev–Trinajstić information content (AvgIpc) is 3.03. The van der Waals surface area contributed by atoms with Crippen LogP contribution in [0.4, 0.5) is 0 Å². The van der Waals surface area contributed by atoms with Crippen molar-refractivity contribution in [2.45, 2.75) is 25.3 Å². The van der Waals surface area contributed by atoms with Crippen molar-refractivity contribution in [1.29, 1.82) is 0 Å². The van der Waals surface area contributed by atoms with E-state index in [1.807, 2.05) is 54.1 Å². The lowest BCUT2D eigenvalue weighted by Gasteiger charge is -2.37. The molecule has 0 bridgehead atoms. The molecule has 122 valence electrons. The Balaban J connectivity index is 1.86. The summed E-state index contributed by atoms with van der Waals surface area (Å²) in [5.41, 5.74) is 2.25. The van der Waals surface area contributed by atoms with Crippen LogP contribution in [-0.4, -0.2) is 38.6 Å². The highest BCUT2D eigenvalue weighted by Crippen LogP contribution is 2.33. The van der Waals surface area contributed by atoms with E-state index in [0.717, 1.165) is 35.6 Å². The summed E-state index contributed by atoms with van der Waals surface area (Å²) in [6, 6.07) is 10.3. The Bertz CT molecular complexity index is 655. The van der Waals surface area contributed by atoms with Crippen LogP contribution < -0.4 is 0 Å². The van der Waals surface area contributed by atoms with Gasteiger partial charge in [-0.15, -0.1) is 0 Å². The van der Waals surface area contributed by atoms with E-state index in [4.69, 9.17) is 0 Å². The van der Waals surface area contributed by atoms with Crippen LogP contribution in [-0.2, 0) is 11.8 Å². The monoisotopic (exact) mass is 329 g/mol. The van der Waals surface area contributed by atoms with E-state index >= 15 is 0 Å². The molecule has 2 aromatic rings. The second-order valence-corrected chi connectivity index (χ2v) is 7.09. The highest BCUT2D eigenvalue weighted by Gasteiger charge is 2.33. The topological polar surface area (TPSA) is 38.1 Å². The summed E-state index contributed by atoms with van der Waals surface area (Å²) < 4.78 is 1.81. The molecule has 3 rings (SSSR count). The van der Waals surface area contributed by atoms with E-state index in [1.165, 1.54) is 0 Å². The molecule has 0 aliphatic carbocycles. The van der Waals surface area contributed by atoms with Gasteiger partial charge in [0.25, 0.3) is 0 Å². The number of aromatic nitrogens is 2. The molecule has 0 spiro atoms. The zero-order valence-corrected chi connectivity index (χ0v) is 14.5. The van der Waals surface area contributed by atoms with Gasteiger partial charge in [0.05, 0.1) is 18.2 Å². The molecule has 1 aromatic carbocycles. The standard InChI is InChI=1S/C18H23N3OS/c1-3-16(14-7-5-4-6-8-14)18(22)21-9-10-23-13-17(21)15-11-19-20(2)12-15/h4-8,11-12,16-17H,3,9-10,13H2,1-2H3/t16-,17-/m1/s1. The fourth-order valence-corrected chi connectivity index (χ4v) is 4.28. The largest absolute Gasteiger partial charge is 0.333 e. The number of aryl methyl sites for hydroxylation is 1. The number of hydrogen-bond acceptors (Lipinski definition) is 3. The maximum atomic E-state index is 13.2. The van der Waals surface area contributed by atoms with Crippen molar-refractivity contribution in [3.63, 3.8) is 0 Å². The van der Waals surface area contributed by atoms with Gasteiger partial charge < -0.3 is 4.90 Å². The Morgan fingerprint density at radius 3 is 2.83 bits per heavy atom. The normalized spacial score (nSPS) is 19.6. The zero-order valence-electron chi connectivity index (χ0n) is 13.7. The summed E-state index contributed by atoms with van der Waals surface area (Å²) in [7, 11) is 1.92. The second kappa shape index (κ2) is 7.21. The lowest BCUT2D eigenvalue weighted by Crippen LogP contribution is -2.43. The van der Waals surface area contributed by atoms with Crippen molar-refractivity contribution in [3.05, 3.63) is 53.9 Å². The second-order valence-electron chi connectivity index (χ2n) is 5.94. The summed E-state index contributed by atoms with van der Waals surface area (Å²) >= 11 is 1.91. The lowest BCUT2D eigenvalue weighted by atomic mass is 9.94. The SMILES string of the molecule is CC[C@@H](C(=O)N1CCSC[C@@H]1c1cnn(C)c1)c1ccccc1. The maximum Gasteiger partial charge on any atom is 0.230 e. The van der Waals surface area contributed by atoms with E-state index in [0.29, 0.717) is 0 Å². The number of carbonyl (C=O) groups excluding carboxylic acids is 1. The van der Waals surface area contributed by atoms with E-state index in [1.54, 1.807) is 0 Å². The number of thioether (sulfide) groups is 1. The van der Waals surface area contributed by atoms with Crippen molar-refractivity contribution in [1.82, 2.24) is 14.7 Å². The van der Waals surface area contributed by atoms with Crippen LogP contribution in [0.3, 0.4) is 0 Å². The van der Waals surface area contributed by atoms with Crippen molar-refractivity contribution in [3.8, 4) is 0 Å². The van der Waals surface area contributed by atoms with Crippen LogP contribution in [0.1, 0.15) is 36.4 Å². The first-order chi connectivity index (χ1) is 11.2. The van der Waals surface area contributed by atoms with Crippen molar-refractivity contribution >= 4 is 17.7 Å². The highest BCUT2D eigenvalue weighted by molar-refractivity contribution is 7.99. The van der Waals surface area contributed by atoms with E-state index in [2.05, 4.69) is 29.1 Å². The van der Waals surface area contributed by atoms with Gasteiger partial charge in [-0.05, 0) is 12.0 Å². The molecule has 2 atom stereocenters. The minimum Gasteiger partial charge on any atom is -0.333 e. The lowest BCUT2D eigenvalue weighted by molar-refractivity contribution is -0.134. The first-order valence-corrected chi connectivity index (χ1v) is 9.28. The van der Waals surface area contributed by atoms with Crippen molar-refractivity contribution < 1.29 is 4.79 Å². The third-order valence-corrected chi connectivity index (χ3v) is 5.45. The molecule has 23 heavy (non-hydrogen) atoms. The van der Waals surface area contributed by atoms with Crippen molar-refractivity contribution in [2.75, 3.05) is 18.1 Å². The maximum absolute atomic E-state index is 13.2. The molecule has 2 heterocycles. The van der Waals surface area contributed by atoms with Crippen LogP contribution in [0, 0.1) is 0 Å². The van der Waals surface area contributed by atoms with Gasteiger partial charge in [-0.2, -0.15) is 16.9 Å². The Morgan fingerprint density at radius 2 is 2.17 bits per heavy atom. The Kier molecular flexibility index (Phi) is 5.06. The quantitative estimate of drug-likeness (QED) is 0.864. The van der Waals surface area contributed by atoms with Crippen LogP contribution in [0.5, 0.6) is 0 Å². The van der Waals surface area contributed by atoms with Gasteiger partial charge in [0.2, 0.25) is 5.91 Å². The van der Waals surface area contributed by atoms with Crippen LogP contribution in [0.25, 0.3) is 0 Å². The summed E-state index contributed by atoms with van der Waals surface area (Å²) in [6.07, 6.45) is 4.74. The number of benzene rings is 1. The molecule has 1 aromatic heterocycles. The molecular formula is C18H23N3OS. The Hall–Kier alpha value is -1.75. The van der Waals surface area contributed by atoms with E-state index in [-0.39, 0.29) is 17.9 Å². The summed E-state index contributed by atoms with van der Waals surface area (Å²) in [5, 5.41) is 4.28. The minimum absolute atomic E-state index is 0.0570.